The van der Waals surface area contributed by atoms with Crippen molar-refractivity contribution >= 4 is 5.91 Å². The molecule has 1 aliphatic carbocycles. The van der Waals surface area contributed by atoms with Crippen molar-refractivity contribution in [2.45, 2.75) is 32.2 Å². The summed E-state index contributed by atoms with van der Waals surface area (Å²) in [4.78, 5) is 29.1. The van der Waals surface area contributed by atoms with E-state index in [0.717, 1.165) is 38.2 Å². The molecule has 1 saturated heterocycles. The minimum Gasteiger partial charge on any atom is -0.381 e. The maximum Gasteiger partial charge on any atom is 0.260 e. The number of hydrogen-bond donors (Lipinski definition) is 1. The van der Waals surface area contributed by atoms with Gasteiger partial charge in [0.25, 0.3) is 11.5 Å². The predicted octanol–water partition coefficient (Wildman–Crippen LogP) is 1.32. The van der Waals surface area contributed by atoms with Crippen LogP contribution in [0.25, 0.3) is 0 Å². The van der Waals surface area contributed by atoms with Gasteiger partial charge in [0, 0.05) is 30.8 Å². The van der Waals surface area contributed by atoms with Crippen LogP contribution < -0.4 is 5.56 Å². The highest BCUT2D eigenvalue weighted by molar-refractivity contribution is 5.94. The molecular formula is C15H20N2O3. The molecule has 0 bridgehead atoms. The summed E-state index contributed by atoms with van der Waals surface area (Å²) in [5, 5.41) is 0. The summed E-state index contributed by atoms with van der Waals surface area (Å²) in [7, 11) is 0. The number of hydrogen-bond acceptors (Lipinski definition) is 3. The standard InChI is InChI=1S/C15H20N2O3/c1-10-2-5-13(14(18)16-10)15(19)17(12-3-4-12)8-11-6-7-20-9-11/h2,5,11-12H,3-4,6-9H2,1H3,(H,16,18)/t11-/m1/s1. The van der Waals surface area contributed by atoms with Crippen LogP contribution in [0.2, 0.25) is 0 Å². The second kappa shape index (κ2) is 5.40. The Hall–Kier alpha value is -1.62. The van der Waals surface area contributed by atoms with Crippen LogP contribution in [-0.4, -0.2) is 41.6 Å². The highest BCUT2D eigenvalue weighted by Crippen LogP contribution is 2.29. The average molecular weight is 276 g/mol. The van der Waals surface area contributed by atoms with Crippen LogP contribution in [-0.2, 0) is 4.74 Å². The zero-order valence-electron chi connectivity index (χ0n) is 11.7. The first-order chi connectivity index (χ1) is 9.65. The van der Waals surface area contributed by atoms with E-state index in [1.54, 1.807) is 12.1 Å². The molecule has 5 nitrogen and oxygen atoms in total. The van der Waals surface area contributed by atoms with Crippen molar-refractivity contribution in [3.05, 3.63) is 33.7 Å². The maximum atomic E-state index is 12.6. The quantitative estimate of drug-likeness (QED) is 0.902. The molecule has 0 unspecified atom stereocenters. The van der Waals surface area contributed by atoms with E-state index >= 15 is 0 Å². The van der Waals surface area contributed by atoms with Crippen LogP contribution in [0.1, 0.15) is 35.3 Å². The number of nitrogens with one attached hydrogen (secondary N) is 1. The van der Waals surface area contributed by atoms with E-state index in [-0.39, 0.29) is 17.0 Å². The van der Waals surface area contributed by atoms with Gasteiger partial charge in [0.05, 0.1) is 6.61 Å². The lowest BCUT2D eigenvalue weighted by Gasteiger charge is -2.25. The number of carbonyl (C=O) groups excluding carboxylic acids is 1. The minimum atomic E-state index is -0.289. The van der Waals surface area contributed by atoms with E-state index in [1.165, 1.54) is 0 Å². The molecule has 108 valence electrons. The maximum absolute atomic E-state index is 12.6. The van der Waals surface area contributed by atoms with Crippen molar-refractivity contribution < 1.29 is 9.53 Å². The smallest absolute Gasteiger partial charge is 0.260 e. The van der Waals surface area contributed by atoms with E-state index in [0.29, 0.717) is 18.5 Å². The molecule has 2 fully saturated rings. The Balaban J connectivity index is 1.79. The largest absolute Gasteiger partial charge is 0.381 e. The molecular weight excluding hydrogens is 256 g/mol. The van der Waals surface area contributed by atoms with Gasteiger partial charge in [0.1, 0.15) is 5.56 Å². The average Bonchev–Trinajstić information content (AvgIpc) is 3.12. The van der Waals surface area contributed by atoms with Crippen LogP contribution >= 0.6 is 0 Å². The Labute approximate surface area is 117 Å². The van der Waals surface area contributed by atoms with Gasteiger partial charge in [-0.3, -0.25) is 9.59 Å². The van der Waals surface area contributed by atoms with E-state index < -0.39 is 0 Å². The van der Waals surface area contributed by atoms with Gasteiger partial charge >= 0.3 is 0 Å². The van der Waals surface area contributed by atoms with Gasteiger partial charge in [0.2, 0.25) is 0 Å². The van der Waals surface area contributed by atoms with Gasteiger partial charge in [-0.1, -0.05) is 0 Å². The second-order valence-electron chi connectivity index (χ2n) is 5.80. The lowest BCUT2D eigenvalue weighted by atomic mass is 10.1. The van der Waals surface area contributed by atoms with Gasteiger partial charge in [-0.15, -0.1) is 0 Å². The number of H-pyrrole nitrogens is 1. The monoisotopic (exact) mass is 276 g/mol. The summed E-state index contributed by atoms with van der Waals surface area (Å²) in [5.41, 5.74) is 0.735. The fourth-order valence-electron chi connectivity index (χ4n) is 2.68. The molecule has 20 heavy (non-hydrogen) atoms. The highest BCUT2D eigenvalue weighted by Gasteiger charge is 2.35. The molecule has 1 atom stereocenters. The summed E-state index contributed by atoms with van der Waals surface area (Å²) < 4.78 is 5.38. The highest BCUT2D eigenvalue weighted by atomic mass is 16.5. The first kappa shape index (κ1) is 13.4. The minimum absolute atomic E-state index is 0.138. The van der Waals surface area contributed by atoms with Crippen LogP contribution in [0.5, 0.6) is 0 Å². The van der Waals surface area contributed by atoms with Gasteiger partial charge in [0.15, 0.2) is 0 Å². The van der Waals surface area contributed by atoms with E-state index in [2.05, 4.69) is 4.98 Å². The number of ether oxygens (including phenoxy) is 1. The molecule has 0 spiro atoms. The van der Waals surface area contributed by atoms with Crippen molar-refractivity contribution in [3.8, 4) is 0 Å². The SMILES string of the molecule is Cc1ccc(C(=O)N(C[C@H]2CCOC2)C2CC2)c(=O)[nH]1. The summed E-state index contributed by atoms with van der Waals surface area (Å²) in [6.07, 6.45) is 3.09. The van der Waals surface area contributed by atoms with Crippen molar-refractivity contribution in [3.63, 3.8) is 0 Å². The molecule has 1 saturated carbocycles. The molecule has 1 aromatic heterocycles. The lowest BCUT2D eigenvalue weighted by molar-refractivity contribution is 0.0704. The van der Waals surface area contributed by atoms with Gasteiger partial charge in [-0.25, -0.2) is 0 Å². The number of amides is 1. The Morgan fingerprint density at radius 1 is 1.40 bits per heavy atom. The van der Waals surface area contributed by atoms with Gasteiger partial charge in [-0.05, 0) is 38.3 Å². The Morgan fingerprint density at radius 2 is 2.20 bits per heavy atom. The molecule has 2 aliphatic rings. The molecule has 1 aromatic rings. The molecule has 1 N–H and O–H groups in total. The fourth-order valence-corrected chi connectivity index (χ4v) is 2.68. The van der Waals surface area contributed by atoms with Crippen molar-refractivity contribution in [2.75, 3.05) is 19.8 Å². The first-order valence-corrected chi connectivity index (χ1v) is 7.24. The zero-order valence-corrected chi connectivity index (χ0v) is 11.7. The number of pyridine rings is 1. The van der Waals surface area contributed by atoms with Crippen LogP contribution in [0.3, 0.4) is 0 Å². The van der Waals surface area contributed by atoms with Crippen LogP contribution in [0.15, 0.2) is 16.9 Å². The summed E-state index contributed by atoms with van der Waals surface area (Å²) in [6, 6.07) is 3.72. The Morgan fingerprint density at radius 3 is 2.80 bits per heavy atom. The molecule has 0 radical (unpaired) electrons. The third-order valence-corrected chi connectivity index (χ3v) is 4.01. The summed E-state index contributed by atoms with van der Waals surface area (Å²) in [5.74, 6) is 0.268. The third-order valence-electron chi connectivity index (χ3n) is 4.01. The third kappa shape index (κ3) is 2.77. The normalized spacial score (nSPS) is 21.9. The number of aromatic nitrogens is 1. The number of carbonyl (C=O) groups is 1. The molecule has 5 heteroatoms. The molecule has 2 heterocycles. The first-order valence-electron chi connectivity index (χ1n) is 7.24. The predicted molar refractivity (Wildman–Crippen MR) is 74.8 cm³/mol. The topological polar surface area (TPSA) is 62.4 Å². The van der Waals surface area contributed by atoms with E-state index in [4.69, 9.17) is 4.74 Å². The van der Waals surface area contributed by atoms with Crippen molar-refractivity contribution in [1.82, 2.24) is 9.88 Å². The van der Waals surface area contributed by atoms with E-state index in [9.17, 15) is 9.59 Å². The van der Waals surface area contributed by atoms with Gasteiger partial charge < -0.3 is 14.6 Å². The summed E-state index contributed by atoms with van der Waals surface area (Å²) >= 11 is 0. The Kier molecular flexibility index (Phi) is 3.61. The van der Waals surface area contributed by atoms with Crippen molar-refractivity contribution in [2.24, 2.45) is 5.92 Å². The van der Waals surface area contributed by atoms with Gasteiger partial charge in [-0.2, -0.15) is 0 Å². The molecule has 3 rings (SSSR count). The molecule has 0 aromatic carbocycles. The second-order valence-corrected chi connectivity index (χ2v) is 5.80. The van der Waals surface area contributed by atoms with Crippen molar-refractivity contribution in [1.29, 1.82) is 0 Å². The number of aromatic amines is 1. The fraction of sp³-hybridized carbons (Fsp3) is 0.600. The lowest BCUT2D eigenvalue weighted by Crippen LogP contribution is -2.39. The Bertz CT molecular complexity index is 556. The number of nitrogens with zero attached hydrogens (tertiary/aromatic N) is 1. The molecule has 1 aliphatic heterocycles. The number of rotatable bonds is 4. The van der Waals surface area contributed by atoms with Crippen LogP contribution in [0, 0.1) is 12.8 Å². The zero-order chi connectivity index (χ0) is 14.1. The number of aryl methyl sites for hydroxylation is 1. The van der Waals surface area contributed by atoms with E-state index in [1.807, 2.05) is 11.8 Å². The van der Waals surface area contributed by atoms with Crippen LogP contribution in [0.4, 0.5) is 0 Å². The summed E-state index contributed by atoms with van der Waals surface area (Å²) in [6.45, 7) is 4.02. The molecule has 1 amide bonds.